The van der Waals surface area contributed by atoms with Crippen LogP contribution in [0.25, 0.3) is 0 Å². The van der Waals surface area contributed by atoms with Gasteiger partial charge in [0.1, 0.15) is 12.3 Å². The second-order valence-corrected chi connectivity index (χ2v) is 9.48. The Labute approximate surface area is 199 Å². The number of anilines is 2. The van der Waals surface area contributed by atoms with E-state index in [1.54, 1.807) is 24.3 Å². The van der Waals surface area contributed by atoms with E-state index in [-0.39, 0.29) is 16.8 Å². The van der Waals surface area contributed by atoms with Crippen LogP contribution in [-0.4, -0.2) is 33.9 Å². The maximum Gasteiger partial charge on any atom is 0.264 e. The van der Waals surface area contributed by atoms with Gasteiger partial charge in [0.2, 0.25) is 11.8 Å². The van der Waals surface area contributed by atoms with Crippen LogP contribution >= 0.6 is 0 Å². The first-order chi connectivity index (χ1) is 16.2. The molecule has 0 saturated heterocycles. The Morgan fingerprint density at radius 2 is 1.56 bits per heavy atom. The molecule has 9 heteroatoms. The number of hydrogen-bond acceptors (Lipinski definition) is 5. The highest BCUT2D eigenvalue weighted by atomic mass is 32.2. The number of carbonyl (C=O) groups is 2. The van der Waals surface area contributed by atoms with Gasteiger partial charge < -0.3 is 15.4 Å². The number of nitrogens with one attached hydrogen (secondary N) is 2. The molecular formula is C25H27N3O5S. The number of rotatable bonds is 9. The van der Waals surface area contributed by atoms with Crippen LogP contribution < -0.4 is 19.7 Å². The second-order valence-electron chi connectivity index (χ2n) is 7.62. The van der Waals surface area contributed by atoms with Gasteiger partial charge in [-0.1, -0.05) is 30.3 Å². The maximum absolute atomic E-state index is 13.5. The van der Waals surface area contributed by atoms with E-state index >= 15 is 0 Å². The van der Waals surface area contributed by atoms with Gasteiger partial charge in [0.15, 0.2) is 0 Å². The Morgan fingerprint density at radius 3 is 2.12 bits per heavy atom. The molecule has 0 aliphatic carbocycles. The van der Waals surface area contributed by atoms with Crippen LogP contribution in [0, 0.1) is 0 Å². The van der Waals surface area contributed by atoms with Gasteiger partial charge in [-0.3, -0.25) is 13.9 Å². The predicted molar refractivity (Wildman–Crippen MR) is 131 cm³/mol. The smallest absolute Gasteiger partial charge is 0.264 e. The van der Waals surface area contributed by atoms with Gasteiger partial charge in [0, 0.05) is 12.6 Å². The molecule has 2 amide bonds. The van der Waals surface area contributed by atoms with Crippen LogP contribution in [0.5, 0.6) is 5.75 Å². The lowest BCUT2D eigenvalue weighted by molar-refractivity contribution is -0.120. The Bertz CT molecular complexity index is 1230. The minimum Gasteiger partial charge on any atom is -0.497 e. The summed E-state index contributed by atoms with van der Waals surface area (Å²) < 4.78 is 33.3. The van der Waals surface area contributed by atoms with Gasteiger partial charge in [-0.2, -0.15) is 0 Å². The third-order valence-electron chi connectivity index (χ3n) is 5.09. The first-order valence-electron chi connectivity index (χ1n) is 10.6. The van der Waals surface area contributed by atoms with Crippen LogP contribution in [0.4, 0.5) is 11.4 Å². The van der Waals surface area contributed by atoms with Crippen molar-refractivity contribution in [2.45, 2.75) is 24.8 Å². The molecule has 3 rings (SSSR count). The molecule has 0 aromatic heterocycles. The number of benzene rings is 3. The lowest BCUT2D eigenvalue weighted by atomic mass is 10.1. The largest absolute Gasteiger partial charge is 0.497 e. The first kappa shape index (κ1) is 24.8. The topological polar surface area (TPSA) is 105 Å². The van der Waals surface area contributed by atoms with Crippen molar-refractivity contribution in [3.63, 3.8) is 0 Å². The van der Waals surface area contributed by atoms with Crippen molar-refractivity contribution in [2.75, 3.05) is 23.3 Å². The normalized spacial score (nSPS) is 11.9. The molecular weight excluding hydrogens is 454 g/mol. The molecule has 0 radical (unpaired) electrons. The Kier molecular flexibility index (Phi) is 7.91. The van der Waals surface area contributed by atoms with Gasteiger partial charge in [-0.05, 0) is 61.0 Å². The quantitative estimate of drug-likeness (QED) is 0.485. The average molecular weight is 482 g/mol. The van der Waals surface area contributed by atoms with E-state index in [0.29, 0.717) is 17.1 Å². The van der Waals surface area contributed by atoms with E-state index in [0.717, 1.165) is 9.87 Å². The molecule has 0 spiro atoms. The third kappa shape index (κ3) is 6.14. The fourth-order valence-electron chi connectivity index (χ4n) is 3.35. The molecule has 2 N–H and O–H groups in total. The number of methoxy groups -OCH3 is 1. The van der Waals surface area contributed by atoms with Crippen LogP contribution in [0.15, 0.2) is 83.8 Å². The van der Waals surface area contributed by atoms with Crippen LogP contribution in [-0.2, 0) is 19.6 Å². The molecule has 3 aromatic rings. The fourth-order valence-corrected chi connectivity index (χ4v) is 4.77. The third-order valence-corrected chi connectivity index (χ3v) is 6.88. The molecule has 0 heterocycles. The van der Waals surface area contributed by atoms with E-state index in [2.05, 4.69) is 10.6 Å². The van der Waals surface area contributed by atoms with Crippen molar-refractivity contribution >= 4 is 33.2 Å². The minimum atomic E-state index is -4.10. The van der Waals surface area contributed by atoms with E-state index in [4.69, 9.17) is 4.74 Å². The summed E-state index contributed by atoms with van der Waals surface area (Å²) in [7, 11) is -2.58. The van der Waals surface area contributed by atoms with E-state index in [1.165, 1.54) is 38.3 Å². The number of ether oxygens (including phenoxy) is 1. The van der Waals surface area contributed by atoms with E-state index in [9.17, 15) is 18.0 Å². The highest BCUT2D eigenvalue weighted by molar-refractivity contribution is 7.92. The number of nitrogens with zero attached hydrogens (tertiary/aromatic N) is 1. The molecule has 0 fully saturated rings. The van der Waals surface area contributed by atoms with Gasteiger partial charge >= 0.3 is 0 Å². The van der Waals surface area contributed by atoms with Gasteiger partial charge in [0.05, 0.1) is 23.7 Å². The number of sulfonamides is 1. The molecule has 3 aromatic carbocycles. The molecule has 178 valence electrons. The lowest BCUT2D eigenvalue weighted by Crippen LogP contribution is -2.41. The van der Waals surface area contributed by atoms with Crippen LogP contribution in [0.1, 0.15) is 25.5 Å². The summed E-state index contributed by atoms with van der Waals surface area (Å²) in [6.07, 6.45) is 0. The summed E-state index contributed by atoms with van der Waals surface area (Å²) in [5, 5.41) is 5.46. The molecule has 0 bridgehead atoms. The van der Waals surface area contributed by atoms with Gasteiger partial charge in [0.25, 0.3) is 10.0 Å². The zero-order chi connectivity index (χ0) is 24.7. The highest BCUT2D eigenvalue weighted by Gasteiger charge is 2.28. The Morgan fingerprint density at radius 1 is 0.941 bits per heavy atom. The van der Waals surface area contributed by atoms with Crippen molar-refractivity contribution < 1.29 is 22.7 Å². The molecule has 0 aliphatic heterocycles. The molecule has 34 heavy (non-hydrogen) atoms. The SMILES string of the molecule is COc1ccc(N(CC(=O)N[C@H](C)c2ccccc2)S(=O)(=O)c2ccc(NC(C)=O)cc2)cc1. The Hall–Kier alpha value is -3.85. The van der Waals surface area contributed by atoms with Gasteiger partial charge in [-0.15, -0.1) is 0 Å². The summed E-state index contributed by atoms with van der Waals surface area (Å²) in [6.45, 7) is 2.78. The Balaban J connectivity index is 1.89. The second kappa shape index (κ2) is 10.8. The monoisotopic (exact) mass is 481 g/mol. The number of hydrogen-bond donors (Lipinski definition) is 2. The average Bonchev–Trinajstić information content (AvgIpc) is 2.83. The van der Waals surface area contributed by atoms with Crippen molar-refractivity contribution in [1.82, 2.24) is 5.32 Å². The summed E-state index contributed by atoms with van der Waals surface area (Å²) in [5.74, 6) is -0.159. The molecule has 0 unspecified atom stereocenters. The summed E-state index contributed by atoms with van der Waals surface area (Å²) in [5.41, 5.74) is 1.69. The molecule has 0 aliphatic rings. The zero-order valence-corrected chi connectivity index (χ0v) is 20.0. The minimum absolute atomic E-state index is 0.0127. The van der Waals surface area contributed by atoms with Gasteiger partial charge in [-0.25, -0.2) is 8.42 Å². The van der Waals surface area contributed by atoms with Crippen molar-refractivity contribution in [3.8, 4) is 5.75 Å². The first-order valence-corrected chi connectivity index (χ1v) is 12.0. The summed E-state index contributed by atoms with van der Waals surface area (Å²) in [4.78, 5) is 24.1. The molecule has 1 atom stereocenters. The zero-order valence-electron chi connectivity index (χ0n) is 19.2. The van der Waals surface area contributed by atoms with Crippen molar-refractivity contribution in [2.24, 2.45) is 0 Å². The van der Waals surface area contributed by atoms with Crippen molar-refractivity contribution in [3.05, 3.63) is 84.4 Å². The fraction of sp³-hybridized carbons (Fsp3) is 0.200. The molecule has 8 nitrogen and oxygen atoms in total. The molecule has 0 saturated carbocycles. The van der Waals surface area contributed by atoms with Crippen LogP contribution in [0.2, 0.25) is 0 Å². The number of amides is 2. The maximum atomic E-state index is 13.5. The summed E-state index contributed by atoms with van der Waals surface area (Å²) >= 11 is 0. The summed E-state index contributed by atoms with van der Waals surface area (Å²) in [6, 6.07) is 21.3. The van der Waals surface area contributed by atoms with Crippen LogP contribution in [0.3, 0.4) is 0 Å². The van der Waals surface area contributed by atoms with Crippen molar-refractivity contribution in [1.29, 1.82) is 0 Å². The standard InChI is InChI=1S/C25H27N3O5S/c1-18(20-7-5-4-6-8-20)26-25(30)17-28(22-11-13-23(33-3)14-12-22)34(31,32)24-15-9-21(10-16-24)27-19(2)29/h4-16,18H,17H2,1-3H3,(H,26,30)(H,27,29)/t18-/m1/s1. The number of carbonyl (C=O) groups excluding carboxylic acids is 2. The predicted octanol–water partition coefficient (Wildman–Crippen LogP) is 3.73. The van der Waals surface area contributed by atoms with E-state index < -0.39 is 22.5 Å². The highest BCUT2D eigenvalue weighted by Crippen LogP contribution is 2.26. The van der Waals surface area contributed by atoms with E-state index in [1.807, 2.05) is 37.3 Å². The lowest BCUT2D eigenvalue weighted by Gasteiger charge is -2.25.